The van der Waals surface area contributed by atoms with E-state index in [1.54, 1.807) is 49.1 Å². The maximum absolute atomic E-state index is 14.5. The first-order chi connectivity index (χ1) is 18.1. The smallest absolute Gasteiger partial charge is 0.227 e. The highest BCUT2D eigenvalue weighted by Gasteiger charge is 2.29. The van der Waals surface area contributed by atoms with Gasteiger partial charge in [-0.15, -0.1) is 0 Å². The van der Waals surface area contributed by atoms with E-state index in [1.165, 1.54) is 6.07 Å². The van der Waals surface area contributed by atoms with Gasteiger partial charge in [-0.3, -0.25) is 19.9 Å². The van der Waals surface area contributed by atoms with Gasteiger partial charge in [-0.25, -0.2) is 14.4 Å². The lowest BCUT2D eigenvalue weighted by atomic mass is 10.1. The summed E-state index contributed by atoms with van der Waals surface area (Å²) in [5.41, 5.74) is 5.59. The van der Waals surface area contributed by atoms with E-state index >= 15 is 0 Å². The van der Waals surface area contributed by atoms with Crippen LogP contribution in [0, 0.1) is 11.7 Å². The van der Waals surface area contributed by atoms with Gasteiger partial charge in [0, 0.05) is 40.4 Å². The summed E-state index contributed by atoms with van der Waals surface area (Å²) in [5, 5.41) is 11.2. The number of carbonyl (C=O) groups excluding carboxylic acids is 1. The number of fused-ring (bicyclic) bond motifs is 2. The first-order valence-corrected chi connectivity index (χ1v) is 11.8. The second kappa shape index (κ2) is 8.30. The average molecular weight is 491 g/mol. The minimum atomic E-state index is -0.323. The third-order valence-corrected chi connectivity index (χ3v) is 6.48. The lowest BCUT2D eigenvalue weighted by Crippen LogP contribution is -2.13. The van der Waals surface area contributed by atoms with Crippen LogP contribution < -0.4 is 5.32 Å². The molecule has 0 aliphatic heterocycles. The van der Waals surface area contributed by atoms with E-state index < -0.39 is 0 Å². The molecule has 0 radical (unpaired) electrons. The van der Waals surface area contributed by atoms with Gasteiger partial charge < -0.3 is 10.3 Å². The molecule has 1 aliphatic rings. The summed E-state index contributed by atoms with van der Waals surface area (Å²) in [5.74, 6) is 0.297. The van der Waals surface area contributed by atoms with E-state index in [1.807, 2.05) is 12.1 Å². The van der Waals surface area contributed by atoms with Crippen molar-refractivity contribution in [2.75, 3.05) is 5.32 Å². The highest BCUT2D eigenvalue weighted by molar-refractivity contribution is 5.97. The van der Waals surface area contributed by atoms with Crippen LogP contribution in [0.1, 0.15) is 12.8 Å². The number of hydrogen-bond acceptors (Lipinski definition) is 6. The molecule has 0 unspecified atom stereocenters. The maximum atomic E-state index is 14.5. The Labute approximate surface area is 209 Å². The Morgan fingerprint density at radius 3 is 2.78 bits per heavy atom. The third-order valence-electron chi connectivity index (χ3n) is 6.48. The Morgan fingerprint density at radius 1 is 1.03 bits per heavy atom. The Kier molecular flexibility index (Phi) is 4.78. The largest absolute Gasteiger partial charge is 0.335 e. The number of halogens is 1. The highest BCUT2D eigenvalue weighted by atomic mass is 19.1. The van der Waals surface area contributed by atoms with Crippen molar-refractivity contribution in [1.29, 1.82) is 0 Å². The van der Waals surface area contributed by atoms with Crippen molar-refractivity contribution in [2.24, 2.45) is 5.92 Å². The van der Waals surface area contributed by atoms with Crippen LogP contribution in [0.5, 0.6) is 0 Å². The van der Waals surface area contributed by atoms with E-state index in [4.69, 9.17) is 0 Å². The van der Waals surface area contributed by atoms with Crippen molar-refractivity contribution in [3.8, 4) is 33.9 Å². The molecule has 1 aromatic carbocycles. The SMILES string of the molecule is O=C(Nc1cncc(-c2cc3c(-c4nc5nccc(-c6ccccc6F)c5[nH]4)n[nH]c3cn2)c1)C1CC1. The summed E-state index contributed by atoms with van der Waals surface area (Å²) in [6, 6.07) is 12.1. The number of H-pyrrole nitrogens is 2. The number of aromatic amines is 2. The molecule has 1 fully saturated rings. The molecule has 1 amide bonds. The lowest BCUT2D eigenvalue weighted by Gasteiger charge is -2.06. The molecule has 1 aliphatic carbocycles. The van der Waals surface area contributed by atoms with Gasteiger partial charge in [-0.1, -0.05) is 18.2 Å². The van der Waals surface area contributed by atoms with Gasteiger partial charge in [-0.2, -0.15) is 5.10 Å². The standard InChI is InChI=1S/C27H19FN8O/c28-20-4-2-1-3-17(20)18-7-8-30-25-23(18)33-26(34-25)24-19-10-21(31-13-22(19)35-36-24)15-9-16(12-29-11-15)32-27(37)14-5-6-14/h1-4,7-14H,5-6H2,(H,32,37)(H,35,36)(H,30,33,34). The Bertz CT molecular complexity index is 1820. The van der Waals surface area contributed by atoms with E-state index in [0.29, 0.717) is 45.2 Å². The minimum Gasteiger partial charge on any atom is -0.335 e. The molecular formula is C27H19FN8O. The molecule has 1 saturated carbocycles. The molecule has 5 heterocycles. The molecule has 180 valence electrons. The van der Waals surface area contributed by atoms with E-state index in [9.17, 15) is 9.18 Å². The molecule has 6 aromatic rings. The van der Waals surface area contributed by atoms with Gasteiger partial charge in [0.15, 0.2) is 11.5 Å². The number of pyridine rings is 3. The zero-order valence-corrected chi connectivity index (χ0v) is 19.4. The Balaban J connectivity index is 1.29. The topological polar surface area (TPSA) is 125 Å². The number of amides is 1. The van der Waals surface area contributed by atoms with Crippen LogP contribution in [0.3, 0.4) is 0 Å². The molecule has 0 saturated heterocycles. The van der Waals surface area contributed by atoms with Crippen molar-refractivity contribution in [3.63, 3.8) is 0 Å². The summed E-state index contributed by atoms with van der Waals surface area (Å²) in [4.78, 5) is 33.3. The fourth-order valence-electron chi connectivity index (χ4n) is 4.42. The van der Waals surface area contributed by atoms with Crippen LogP contribution >= 0.6 is 0 Å². The van der Waals surface area contributed by atoms with E-state index in [-0.39, 0.29) is 17.6 Å². The average Bonchev–Trinajstić information content (AvgIpc) is 3.55. The number of aromatic nitrogens is 7. The van der Waals surface area contributed by atoms with Crippen molar-refractivity contribution < 1.29 is 9.18 Å². The van der Waals surface area contributed by atoms with Crippen LogP contribution in [0.2, 0.25) is 0 Å². The normalized spacial score (nSPS) is 13.3. The van der Waals surface area contributed by atoms with Crippen LogP contribution in [0.25, 0.3) is 56.0 Å². The fraction of sp³-hybridized carbons (Fsp3) is 0.111. The van der Waals surface area contributed by atoms with Gasteiger partial charge in [0.25, 0.3) is 0 Å². The number of imidazole rings is 1. The fourth-order valence-corrected chi connectivity index (χ4v) is 4.42. The first-order valence-electron chi connectivity index (χ1n) is 11.8. The van der Waals surface area contributed by atoms with Crippen LogP contribution in [0.4, 0.5) is 10.1 Å². The zero-order chi connectivity index (χ0) is 24.9. The number of anilines is 1. The lowest BCUT2D eigenvalue weighted by molar-refractivity contribution is -0.117. The Morgan fingerprint density at radius 2 is 1.92 bits per heavy atom. The van der Waals surface area contributed by atoms with Gasteiger partial charge in [0.2, 0.25) is 5.91 Å². The molecule has 7 rings (SSSR count). The number of carbonyl (C=O) groups is 1. The number of rotatable bonds is 5. The highest BCUT2D eigenvalue weighted by Crippen LogP contribution is 2.33. The van der Waals surface area contributed by atoms with Crippen molar-refractivity contribution in [1.82, 2.24) is 35.1 Å². The molecule has 9 nitrogen and oxygen atoms in total. The third kappa shape index (κ3) is 3.79. The zero-order valence-electron chi connectivity index (χ0n) is 19.4. The second-order valence-corrected chi connectivity index (χ2v) is 9.04. The molecule has 0 spiro atoms. The summed E-state index contributed by atoms with van der Waals surface area (Å²) in [6.45, 7) is 0. The molecule has 0 atom stereocenters. The Hall–Kier alpha value is -4.99. The molecule has 0 bridgehead atoms. The minimum absolute atomic E-state index is 0.0210. The van der Waals surface area contributed by atoms with Crippen molar-refractivity contribution in [2.45, 2.75) is 12.8 Å². The summed E-state index contributed by atoms with van der Waals surface area (Å²) >= 11 is 0. The van der Waals surface area contributed by atoms with Gasteiger partial charge in [0.1, 0.15) is 11.5 Å². The molecule has 5 aromatic heterocycles. The number of hydrogen-bond donors (Lipinski definition) is 3. The maximum Gasteiger partial charge on any atom is 0.227 e. The van der Waals surface area contributed by atoms with Crippen molar-refractivity contribution >= 4 is 33.7 Å². The molecule has 10 heteroatoms. The predicted octanol–water partition coefficient (Wildman–Crippen LogP) is 5.11. The van der Waals surface area contributed by atoms with Crippen LogP contribution in [-0.4, -0.2) is 41.0 Å². The number of benzene rings is 1. The van der Waals surface area contributed by atoms with Gasteiger partial charge >= 0.3 is 0 Å². The second-order valence-electron chi connectivity index (χ2n) is 9.04. The monoisotopic (exact) mass is 490 g/mol. The predicted molar refractivity (Wildman–Crippen MR) is 137 cm³/mol. The summed E-state index contributed by atoms with van der Waals surface area (Å²) in [6.07, 6.45) is 8.50. The first kappa shape index (κ1) is 21.3. The van der Waals surface area contributed by atoms with E-state index in [0.717, 1.165) is 29.3 Å². The quantitative estimate of drug-likeness (QED) is 0.308. The van der Waals surface area contributed by atoms with Crippen LogP contribution in [-0.2, 0) is 4.79 Å². The molecular weight excluding hydrogens is 471 g/mol. The van der Waals surface area contributed by atoms with Crippen molar-refractivity contribution in [3.05, 3.63) is 73.1 Å². The van der Waals surface area contributed by atoms with Gasteiger partial charge in [-0.05, 0) is 37.1 Å². The summed E-state index contributed by atoms with van der Waals surface area (Å²) in [7, 11) is 0. The molecule has 3 N–H and O–H groups in total. The number of nitrogens with zero attached hydrogens (tertiary/aromatic N) is 5. The number of nitrogens with one attached hydrogen (secondary N) is 3. The van der Waals surface area contributed by atoms with Gasteiger partial charge in [0.05, 0.1) is 34.8 Å². The van der Waals surface area contributed by atoms with Crippen LogP contribution in [0.15, 0.2) is 67.3 Å². The summed E-state index contributed by atoms with van der Waals surface area (Å²) < 4.78 is 14.5. The van der Waals surface area contributed by atoms with E-state index in [2.05, 4.69) is 40.4 Å². The molecule has 37 heavy (non-hydrogen) atoms.